The van der Waals surface area contributed by atoms with Gasteiger partial charge < -0.3 is 9.47 Å². The second kappa shape index (κ2) is 7.27. The van der Waals surface area contributed by atoms with Gasteiger partial charge in [0.1, 0.15) is 10.9 Å². The molecule has 0 spiro atoms. The maximum atomic E-state index is 6.19. The minimum absolute atomic E-state index is 0.477. The van der Waals surface area contributed by atoms with Gasteiger partial charge in [0, 0.05) is 23.6 Å². The van der Waals surface area contributed by atoms with Gasteiger partial charge in [-0.1, -0.05) is 17.7 Å². The highest BCUT2D eigenvalue weighted by atomic mass is 35.5. The molecule has 0 atom stereocenters. The van der Waals surface area contributed by atoms with Gasteiger partial charge in [-0.05, 0) is 31.0 Å². The molecule has 1 aromatic carbocycles. The Morgan fingerprint density at radius 3 is 2.95 bits per heavy atom. The van der Waals surface area contributed by atoms with Crippen LogP contribution in [-0.4, -0.2) is 18.7 Å². The van der Waals surface area contributed by atoms with Crippen molar-refractivity contribution in [2.75, 3.05) is 13.7 Å². The van der Waals surface area contributed by atoms with Crippen LogP contribution in [0.25, 0.3) is 10.9 Å². The van der Waals surface area contributed by atoms with E-state index in [0.717, 1.165) is 35.1 Å². The fraction of sp³-hybridized carbons (Fsp3) is 0.312. The van der Waals surface area contributed by atoms with Gasteiger partial charge in [0.15, 0.2) is 0 Å². The van der Waals surface area contributed by atoms with E-state index < -0.39 is 0 Å². The lowest BCUT2D eigenvalue weighted by Gasteiger charge is -2.08. The SMILES string of the molecule is C=CCCCOCc1cc2ccc(OC)cc2nc1Cl. The fourth-order valence-electron chi connectivity index (χ4n) is 1.91. The molecule has 0 aliphatic rings. The molecule has 0 saturated carbocycles. The molecule has 0 radical (unpaired) electrons. The molecule has 0 unspecified atom stereocenters. The number of pyridine rings is 1. The van der Waals surface area contributed by atoms with Crippen LogP contribution in [0.3, 0.4) is 0 Å². The van der Waals surface area contributed by atoms with Crippen molar-refractivity contribution in [2.45, 2.75) is 19.4 Å². The van der Waals surface area contributed by atoms with E-state index >= 15 is 0 Å². The monoisotopic (exact) mass is 291 g/mol. The maximum absolute atomic E-state index is 6.19. The van der Waals surface area contributed by atoms with Crippen molar-refractivity contribution in [2.24, 2.45) is 0 Å². The number of allylic oxidation sites excluding steroid dienone is 1. The van der Waals surface area contributed by atoms with E-state index in [1.165, 1.54) is 0 Å². The van der Waals surface area contributed by atoms with Crippen LogP contribution in [0.15, 0.2) is 36.9 Å². The third kappa shape index (κ3) is 3.71. The molecule has 0 fully saturated rings. The van der Waals surface area contributed by atoms with E-state index in [-0.39, 0.29) is 0 Å². The summed E-state index contributed by atoms with van der Waals surface area (Å²) < 4.78 is 10.8. The molecule has 106 valence electrons. The molecule has 0 saturated heterocycles. The molecule has 2 aromatic rings. The quantitative estimate of drug-likeness (QED) is 0.431. The second-order valence-corrected chi connectivity index (χ2v) is 4.84. The molecule has 1 heterocycles. The van der Waals surface area contributed by atoms with Crippen molar-refractivity contribution < 1.29 is 9.47 Å². The van der Waals surface area contributed by atoms with Crippen molar-refractivity contribution >= 4 is 22.5 Å². The lowest BCUT2D eigenvalue weighted by Crippen LogP contribution is -1.97. The lowest BCUT2D eigenvalue weighted by atomic mass is 10.1. The summed E-state index contributed by atoms with van der Waals surface area (Å²) in [5, 5.41) is 1.51. The third-order valence-electron chi connectivity index (χ3n) is 3.01. The van der Waals surface area contributed by atoms with Gasteiger partial charge in [0.05, 0.1) is 19.2 Å². The number of methoxy groups -OCH3 is 1. The highest BCUT2D eigenvalue weighted by Crippen LogP contribution is 2.24. The highest BCUT2D eigenvalue weighted by molar-refractivity contribution is 6.30. The predicted molar refractivity (Wildman–Crippen MR) is 82.4 cm³/mol. The smallest absolute Gasteiger partial charge is 0.135 e. The van der Waals surface area contributed by atoms with Gasteiger partial charge in [-0.3, -0.25) is 0 Å². The normalized spacial score (nSPS) is 10.7. The number of ether oxygens (including phenoxy) is 2. The minimum atomic E-state index is 0.477. The molecular weight excluding hydrogens is 274 g/mol. The van der Waals surface area contributed by atoms with E-state index in [4.69, 9.17) is 21.1 Å². The summed E-state index contributed by atoms with van der Waals surface area (Å²) in [6.45, 7) is 4.86. The minimum Gasteiger partial charge on any atom is -0.497 e. The number of aromatic nitrogens is 1. The number of hydrogen-bond donors (Lipinski definition) is 0. The van der Waals surface area contributed by atoms with Gasteiger partial charge >= 0.3 is 0 Å². The van der Waals surface area contributed by atoms with Crippen molar-refractivity contribution in [3.05, 3.63) is 47.6 Å². The van der Waals surface area contributed by atoms with Gasteiger partial charge in [-0.25, -0.2) is 4.98 Å². The number of hydrogen-bond acceptors (Lipinski definition) is 3. The number of unbranched alkanes of at least 4 members (excludes halogenated alkanes) is 1. The van der Waals surface area contributed by atoms with Crippen LogP contribution < -0.4 is 4.74 Å². The van der Waals surface area contributed by atoms with Crippen molar-refractivity contribution in [3.63, 3.8) is 0 Å². The van der Waals surface area contributed by atoms with Gasteiger partial charge in [-0.2, -0.15) is 0 Å². The van der Waals surface area contributed by atoms with Crippen molar-refractivity contribution in [3.8, 4) is 5.75 Å². The topological polar surface area (TPSA) is 31.4 Å². The average molecular weight is 292 g/mol. The molecule has 0 aliphatic carbocycles. The lowest BCUT2D eigenvalue weighted by molar-refractivity contribution is 0.119. The standard InChI is InChI=1S/C16H18ClNO2/c1-3-4-5-8-20-11-13-9-12-6-7-14(19-2)10-15(12)18-16(13)17/h3,6-7,9-10H,1,4-5,8,11H2,2H3. The molecule has 0 aliphatic heterocycles. The first kappa shape index (κ1) is 14.8. The first-order chi connectivity index (χ1) is 9.74. The second-order valence-electron chi connectivity index (χ2n) is 4.48. The van der Waals surface area contributed by atoms with Crippen LogP contribution in [0.5, 0.6) is 5.75 Å². The van der Waals surface area contributed by atoms with Crippen LogP contribution in [0.1, 0.15) is 18.4 Å². The number of nitrogens with zero attached hydrogens (tertiary/aromatic N) is 1. The zero-order valence-corrected chi connectivity index (χ0v) is 12.3. The maximum Gasteiger partial charge on any atom is 0.135 e. The van der Waals surface area contributed by atoms with E-state index in [1.54, 1.807) is 7.11 Å². The highest BCUT2D eigenvalue weighted by Gasteiger charge is 2.06. The molecule has 0 amide bonds. The summed E-state index contributed by atoms with van der Waals surface area (Å²) in [6, 6.07) is 7.76. The summed E-state index contributed by atoms with van der Waals surface area (Å²) >= 11 is 6.19. The Morgan fingerprint density at radius 2 is 2.20 bits per heavy atom. The van der Waals surface area contributed by atoms with E-state index in [0.29, 0.717) is 18.4 Å². The zero-order valence-electron chi connectivity index (χ0n) is 11.6. The van der Waals surface area contributed by atoms with Crippen LogP contribution in [-0.2, 0) is 11.3 Å². The number of halogens is 1. The first-order valence-electron chi connectivity index (χ1n) is 6.56. The largest absolute Gasteiger partial charge is 0.497 e. The molecule has 2 rings (SSSR count). The fourth-order valence-corrected chi connectivity index (χ4v) is 2.11. The molecule has 20 heavy (non-hydrogen) atoms. The van der Waals surface area contributed by atoms with E-state index in [1.807, 2.05) is 30.3 Å². The van der Waals surface area contributed by atoms with Crippen molar-refractivity contribution in [1.82, 2.24) is 4.98 Å². The first-order valence-corrected chi connectivity index (χ1v) is 6.94. The number of rotatable bonds is 7. The predicted octanol–water partition coefficient (Wildman–Crippen LogP) is 4.38. The Kier molecular flexibility index (Phi) is 5.39. The molecule has 0 bridgehead atoms. The average Bonchev–Trinajstić information content (AvgIpc) is 2.47. The molecular formula is C16H18ClNO2. The zero-order chi connectivity index (χ0) is 14.4. The Labute approximate surface area is 124 Å². The number of fused-ring (bicyclic) bond motifs is 1. The third-order valence-corrected chi connectivity index (χ3v) is 3.33. The van der Waals surface area contributed by atoms with Crippen molar-refractivity contribution in [1.29, 1.82) is 0 Å². The van der Waals surface area contributed by atoms with E-state index in [2.05, 4.69) is 11.6 Å². The van der Waals surface area contributed by atoms with Crippen LogP contribution in [0.2, 0.25) is 5.15 Å². The Morgan fingerprint density at radius 1 is 1.35 bits per heavy atom. The Bertz CT molecular complexity index is 598. The van der Waals surface area contributed by atoms with Gasteiger partial charge in [0.2, 0.25) is 0 Å². The summed E-state index contributed by atoms with van der Waals surface area (Å²) in [7, 11) is 1.63. The van der Waals surface area contributed by atoms with Crippen LogP contribution >= 0.6 is 11.6 Å². The molecule has 1 aromatic heterocycles. The summed E-state index contributed by atoms with van der Waals surface area (Å²) in [4.78, 5) is 4.39. The van der Waals surface area contributed by atoms with Gasteiger partial charge in [0.25, 0.3) is 0 Å². The molecule has 0 N–H and O–H groups in total. The Hall–Kier alpha value is -1.58. The number of benzene rings is 1. The Balaban J connectivity index is 2.10. The van der Waals surface area contributed by atoms with Crippen LogP contribution in [0, 0.1) is 0 Å². The van der Waals surface area contributed by atoms with E-state index in [9.17, 15) is 0 Å². The summed E-state index contributed by atoms with van der Waals surface area (Å²) in [5.74, 6) is 0.773. The van der Waals surface area contributed by atoms with Crippen LogP contribution in [0.4, 0.5) is 0 Å². The molecule has 4 heteroatoms. The summed E-state index contributed by atoms with van der Waals surface area (Å²) in [6.07, 6.45) is 3.82. The summed E-state index contributed by atoms with van der Waals surface area (Å²) in [5.41, 5.74) is 1.73. The molecule has 3 nitrogen and oxygen atoms in total. The van der Waals surface area contributed by atoms with Gasteiger partial charge in [-0.15, -0.1) is 6.58 Å².